The summed E-state index contributed by atoms with van der Waals surface area (Å²) in [5.41, 5.74) is 6.89. The molecule has 0 aliphatic carbocycles. The fourth-order valence-corrected chi connectivity index (χ4v) is 2.79. The van der Waals surface area contributed by atoms with Crippen LogP contribution in [0.5, 0.6) is 0 Å². The second kappa shape index (κ2) is 6.05. The number of nitrogen functional groups attached to an aromatic ring is 1. The van der Waals surface area contributed by atoms with E-state index in [9.17, 15) is 4.79 Å². The molecule has 0 fully saturated rings. The molecule has 1 amide bonds. The Kier molecular flexibility index (Phi) is 4.39. The highest BCUT2D eigenvalue weighted by Crippen LogP contribution is 2.26. The Morgan fingerprint density at radius 3 is 2.65 bits per heavy atom. The smallest absolute Gasteiger partial charge is 0.225 e. The molecule has 2 aromatic rings. The average Bonchev–Trinajstić information content (AvgIpc) is 2.96. The molecule has 2 rings (SSSR count). The van der Waals surface area contributed by atoms with Gasteiger partial charge in [0.15, 0.2) is 0 Å². The average molecular weight is 289 g/mol. The van der Waals surface area contributed by atoms with Crippen LogP contribution in [0.15, 0.2) is 35.8 Å². The van der Waals surface area contributed by atoms with Crippen molar-refractivity contribution < 1.29 is 4.79 Å². The number of carbonyl (C=O) groups is 1. The maximum atomic E-state index is 12.2. The van der Waals surface area contributed by atoms with Crippen molar-refractivity contribution in [1.82, 2.24) is 10.3 Å². The molecule has 1 atom stereocenters. The molecule has 4 nitrogen and oxygen atoms in total. The molecular formula is C15H19N3OS. The van der Waals surface area contributed by atoms with Crippen molar-refractivity contribution in [2.24, 2.45) is 0 Å². The third kappa shape index (κ3) is 3.36. The fraction of sp³-hybridized carbons (Fsp3) is 0.333. The molecule has 0 aliphatic heterocycles. The van der Waals surface area contributed by atoms with Crippen LogP contribution >= 0.6 is 11.3 Å². The zero-order valence-corrected chi connectivity index (χ0v) is 12.5. The highest BCUT2D eigenvalue weighted by molar-refractivity contribution is 7.09. The summed E-state index contributed by atoms with van der Waals surface area (Å²) in [5.74, 6) is -0.00526. The molecular weight excluding hydrogens is 270 g/mol. The molecule has 106 valence electrons. The first kappa shape index (κ1) is 14.5. The van der Waals surface area contributed by atoms with Gasteiger partial charge in [0.1, 0.15) is 5.01 Å². The van der Waals surface area contributed by atoms with E-state index in [0.29, 0.717) is 12.1 Å². The quantitative estimate of drug-likeness (QED) is 0.832. The number of hydrogen-bond acceptors (Lipinski definition) is 4. The Morgan fingerprint density at radius 2 is 2.10 bits per heavy atom. The highest BCUT2D eigenvalue weighted by atomic mass is 32.1. The summed E-state index contributed by atoms with van der Waals surface area (Å²) in [4.78, 5) is 16.5. The van der Waals surface area contributed by atoms with E-state index in [2.05, 4.69) is 10.3 Å². The highest BCUT2D eigenvalue weighted by Gasteiger charge is 2.28. The van der Waals surface area contributed by atoms with Crippen molar-refractivity contribution in [3.63, 3.8) is 0 Å². The summed E-state index contributed by atoms with van der Waals surface area (Å²) >= 11 is 1.56. The largest absolute Gasteiger partial charge is 0.399 e. The van der Waals surface area contributed by atoms with Gasteiger partial charge >= 0.3 is 0 Å². The van der Waals surface area contributed by atoms with Crippen LogP contribution < -0.4 is 11.1 Å². The number of amides is 1. The van der Waals surface area contributed by atoms with Crippen LogP contribution in [0.3, 0.4) is 0 Å². The van der Waals surface area contributed by atoms with Gasteiger partial charge in [-0.1, -0.05) is 19.1 Å². The maximum absolute atomic E-state index is 12.2. The minimum Gasteiger partial charge on any atom is -0.399 e. The molecule has 20 heavy (non-hydrogen) atoms. The van der Waals surface area contributed by atoms with E-state index in [-0.39, 0.29) is 5.91 Å². The molecule has 0 saturated heterocycles. The van der Waals surface area contributed by atoms with Gasteiger partial charge in [-0.05, 0) is 31.0 Å². The Balaban J connectivity index is 2.04. The first-order valence-electron chi connectivity index (χ1n) is 6.59. The van der Waals surface area contributed by atoms with Crippen LogP contribution in [-0.4, -0.2) is 10.9 Å². The number of aromatic nitrogens is 1. The number of hydrogen-bond donors (Lipinski definition) is 2. The van der Waals surface area contributed by atoms with Crippen LogP contribution in [0.4, 0.5) is 5.69 Å². The molecule has 1 aromatic heterocycles. The standard InChI is InChI=1S/C15H19N3OS/c1-3-15(2,14-17-8-9-20-14)18-13(19)10-11-4-6-12(16)7-5-11/h4-9H,3,10,16H2,1-2H3,(H,18,19). The van der Waals surface area contributed by atoms with Gasteiger partial charge < -0.3 is 11.1 Å². The molecule has 1 heterocycles. The lowest BCUT2D eigenvalue weighted by Crippen LogP contribution is -2.43. The summed E-state index contributed by atoms with van der Waals surface area (Å²) in [6.07, 6.45) is 2.91. The van der Waals surface area contributed by atoms with Crippen molar-refractivity contribution in [1.29, 1.82) is 0 Å². The molecule has 0 spiro atoms. The number of carbonyl (C=O) groups excluding carboxylic acids is 1. The Labute approximate surface area is 123 Å². The van der Waals surface area contributed by atoms with Crippen LogP contribution in [0, 0.1) is 0 Å². The monoisotopic (exact) mass is 289 g/mol. The summed E-state index contributed by atoms with van der Waals surface area (Å²) in [7, 11) is 0. The van der Waals surface area contributed by atoms with Crippen LogP contribution in [0.2, 0.25) is 0 Å². The third-order valence-corrected chi connectivity index (χ3v) is 4.41. The zero-order valence-electron chi connectivity index (χ0n) is 11.7. The first-order chi connectivity index (χ1) is 9.53. The van der Waals surface area contributed by atoms with Crippen molar-refractivity contribution in [3.8, 4) is 0 Å². The van der Waals surface area contributed by atoms with E-state index in [1.807, 2.05) is 43.5 Å². The van der Waals surface area contributed by atoms with Gasteiger partial charge in [-0.15, -0.1) is 11.3 Å². The van der Waals surface area contributed by atoms with Gasteiger partial charge in [-0.25, -0.2) is 4.98 Å². The minimum atomic E-state index is -0.404. The molecule has 0 saturated carbocycles. The Bertz CT molecular complexity index is 565. The normalized spacial score (nSPS) is 13.7. The predicted octanol–water partition coefficient (Wildman–Crippen LogP) is 2.71. The molecule has 3 N–H and O–H groups in total. The van der Waals surface area contributed by atoms with E-state index in [0.717, 1.165) is 17.0 Å². The number of thiazole rings is 1. The van der Waals surface area contributed by atoms with Crippen molar-refractivity contribution in [3.05, 3.63) is 46.4 Å². The number of rotatable bonds is 5. The Hall–Kier alpha value is -1.88. The summed E-state index contributed by atoms with van der Waals surface area (Å²) in [6.45, 7) is 4.05. The molecule has 1 aromatic carbocycles. The number of nitrogens with zero attached hydrogens (tertiary/aromatic N) is 1. The second-order valence-corrected chi connectivity index (χ2v) is 5.88. The maximum Gasteiger partial charge on any atom is 0.225 e. The van der Waals surface area contributed by atoms with Crippen LogP contribution in [-0.2, 0) is 16.8 Å². The first-order valence-corrected chi connectivity index (χ1v) is 7.47. The van der Waals surface area contributed by atoms with E-state index in [1.54, 1.807) is 17.5 Å². The molecule has 0 bridgehead atoms. The van der Waals surface area contributed by atoms with E-state index >= 15 is 0 Å². The topological polar surface area (TPSA) is 68.0 Å². The Morgan fingerprint density at radius 1 is 1.40 bits per heavy atom. The van der Waals surface area contributed by atoms with Gasteiger partial charge in [0, 0.05) is 17.3 Å². The lowest BCUT2D eigenvalue weighted by atomic mass is 9.99. The SMILES string of the molecule is CCC(C)(NC(=O)Cc1ccc(N)cc1)c1nccs1. The van der Waals surface area contributed by atoms with E-state index < -0.39 is 5.54 Å². The zero-order chi connectivity index (χ0) is 14.6. The predicted molar refractivity (Wildman–Crippen MR) is 82.5 cm³/mol. The van der Waals surface area contributed by atoms with Crippen LogP contribution in [0.25, 0.3) is 0 Å². The third-order valence-electron chi connectivity index (χ3n) is 3.37. The lowest BCUT2D eigenvalue weighted by Gasteiger charge is -2.27. The fourth-order valence-electron chi connectivity index (χ4n) is 1.96. The lowest BCUT2D eigenvalue weighted by molar-refractivity contribution is -0.122. The van der Waals surface area contributed by atoms with Crippen molar-refractivity contribution in [2.75, 3.05) is 5.73 Å². The van der Waals surface area contributed by atoms with Gasteiger partial charge in [0.05, 0.1) is 12.0 Å². The molecule has 0 aliphatic rings. The van der Waals surface area contributed by atoms with Crippen molar-refractivity contribution >= 4 is 22.9 Å². The molecule has 0 radical (unpaired) electrons. The van der Waals surface area contributed by atoms with E-state index in [4.69, 9.17) is 5.73 Å². The van der Waals surface area contributed by atoms with E-state index in [1.165, 1.54) is 0 Å². The molecule has 1 unspecified atom stereocenters. The van der Waals surface area contributed by atoms with Gasteiger partial charge in [-0.2, -0.15) is 0 Å². The molecule has 5 heteroatoms. The summed E-state index contributed by atoms with van der Waals surface area (Å²) in [5, 5.41) is 5.95. The van der Waals surface area contributed by atoms with Crippen molar-refractivity contribution in [2.45, 2.75) is 32.2 Å². The second-order valence-electron chi connectivity index (χ2n) is 4.99. The van der Waals surface area contributed by atoms with Gasteiger partial charge in [0.2, 0.25) is 5.91 Å². The van der Waals surface area contributed by atoms with Crippen LogP contribution in [0.1, 0.15) is 30.8 Å². The number of nitrogens with one attached hydrogen (secondary N) is 1. The minimum absolute atomic E-state index is 0.00526. The summed E-state index contributed by atoms with van der Waals surface area (Å²) < 4.78 is 0. The number of benzene rings is 1. The van der Waals surface area contributed by atoms with Gasteiger partial charge in [-0.3, -0.25) is 4.79 Å². The number of nitrogens with two attached hydrogens (primary N) is 1. The summed E-state index contributed by atoms with van der Waals surface area (Å²) in [6, 6.07) is 7.37. The van der Waals surface area contributed by atoms with Gasteiger partial charge in [0.25, 0.3) is 0 Å². The number of anilines is 1.